The second-order valence-corrected chi connectivity index (χ2v) is 7.70. The monoisotopic (exact) mass is 438 g/mol. The van der Waals surface area contributed by atoms with E-state index in [1.54, 1.807) is 0 Å². The number of carbonyl (C=O) groups excluding carboxylic acids is 3. The number of ether oxygens (including phenoxy) is 2. The van der Waals surface area contributed by atoms with Crippen molar-refractivity contribution in [1.29, 1.82) is 0 Å². The molecule has 1 atom stereocenters. The van der Waals surface area contributed by atoms with Crippen LogP contribution < -0.4 is 10.1 Å². The Bertz CT molecular complexity index is 898. The molecule has 1 heterocycles. The highest BCUT2D eigenvalue weighted by Crippen LogP contribution is 2.22. The van der Waals surface area contributed by atoms with Crippen molar-refractivity contribution in [2.75, 3.05) is 26.3 Å². The Morgan fingerprint density at radius 1 is 1.03 bits per heavy atom. The molecular formula is C25H30N2O5. The molecule has 0 spiro atoms. The molecule has 170 valence electrons. The van der Waals surface area contributed by atoms with E-state index < -0.39 is 12.0 Å². The summed E-state index contributed by atoms with van der Waals surface area (Å²) in [6.07, 6.45) is 2.64. The third-order valence-electron chi connectivity index (χ3n) is 5.35. The van der Waals surface area contributed by atoms with Crippen molar-refractivity contribution in [2.45, 2.75) is 38.6 Å². The Hall–Kier alpha value is -3.35. The van der Waals surface area contributed by atoms with Gasteiger partial charge < -0.3 is 19.7 Å². The number of esters is 1. The summed E-state index contributed by atoms with van der Waals surface area (Å²) in [5.41, 5.74) is 2.15. The van der Waals surface area contributed by atoms with Crippen LogP contribution in [0.2, 0.25) is 0 Å². The van der Waals surface area contributed by atoms with Gasteiger partial charge in [-0.1, -0.05) is 62.2 Å². The van der Waals surface area contributed by atoms with E-state index in [1.807, 2.05) is 54.6 Å². The third kappa shape index (κ3) is 6.57. The summed E-state index contributed by atoms with van der Waals surface area (Å²) in [7, 11) is 0. The lowest BCUT2D eigenvalue weighted by Gasteiger charge is -2.34. The highest BCUT2D eigenvalue weighted by molar-refractivity contribution is 5.92. The summed E-state index contributed by atoms with van der Waals surface area (Å²) in [4.78, 5) is 38.6. The Balaban J connectivity index is 1.54. The topological polar surface area (TPSA) is 84.9 Å². The average Bonchev–Trinajstić information content (AvgIpc) is 2.82. The van der Waals surface area contributed by atoms with E-state index in [0.29, 0.717) is 25.4 Å². The number of hydrogen-bond donors (Lipinski definition) is 1. The number of amides is 2. The van der Waals surface area contributed by atoms with Crippen LogP contribution in [0.4, 0.5) is 0 Å². The molecule has 1 aliphatic rings. The molecule has 3 rings (SSSR count). The Labute approximate surface area is 188 Å². The quantitative estimate of drug-likeness (QED) is 0.455. The highest BCUT2D eigenvalue weighted by Gasteiger charge is 2.35. The van der Waals surface area contributed by atoms with Crippen molar-refractivity contribution in [1.82, 2.24) is 10.2 Å². The Kier molecular flexibility index (Phi) is 8.66. The van der Waals surface area contributed by atoms with E-state index in [0.717, 1.165) is 30.4 Å². The zero-order valence-corrected chi connectivity index (χ0v) is 18.4. The van der Waals surface area contributed by atoms with E-state index in [1.165, 1.54) is 4.90 Å². The molecule has 0 aliphatic carbocycles. The predicted molar refractivity (Wildman–Crippen MR) is 121 cm³/mol. The van der Waals surface area contributed by atoms with Crippen molar-refractivity contribution in [3.8, 4) is 16.9 Å². The van der Waals surface area contributed by atoms with E-state index in [2.05, 4.69) is 12.2 Å². The summed E-state index contributed by atoms with van der Waals surface area (Å²) in [6, 6.07) is 16.6. The number of nitrogens with zero attached hydrogens (tertiary/aromatic N) is 1. The Morgan fingerprint density at radius 3 is 2.47 bits per heavy atom. The van der Waals surface area contributed by atoms with E-state index in [4.69, 9.17) is 9.47 Å². The van der Waals surface area contributed by atoms with Crippen LogP contribution in [0.25, 0.3) is 11.1 Å². The zero-order chi connectivity index (χ0) is 22.8. The number of hydrogen-bond acceptors (Lipinski definition) is 5. The van der Waals surface area contributed by atoms with E-state index in [9.17, 15) is 14.4 Å². The molecule has 1 unspecified atom stereocenters. The number of nitrogens with one attached hydrogen (secondary N) is 1. The van der Waals surface area contributed by atoms with Crippen LogP contribution in [0.1, 0.15) is 32.6 Å². The van der Waals surface area contributed by atoms with Crippen LogP contribution in [-0.2, 0) is 19.1 Å². The molecule has 7 heteroatoms. The van der Waals surface area contributed by atoms with Gasteiger partial charge in [0.1, 0.15) is 11.8 Å². The zero-order valence-electron chi connectivity index (χ0n) is 18.4. The number of piperazine rings is 1. The number of unbranched alkanes of at least 4 members (excludes halogenated alkanes) is 2. The van der Waals surface area contributed by atoms with Crippen LogP contribution in [0.5, 0.6) is 5.75 Å². The number of carbonyl (C=O) groups is 3. The van der Waals surface area contributed by atoms with Crippen LogP contribution in [0.3, 0.4) is 0 Å². The summed E-state index contributed by atoms with van der Waals surface area (Å²) in [5, 5.41) is 2.71. The molecule has 1 N–H and O–H groups in total. The normalized spacial score (nSPS) is 15.7. The molecule has 2 amide bonds. The summed E-state index contributed by atoms with van der Waals surface area (Å²) in [6.45, 7) is 2.86. The maximum absolute atomic E-state index is 12.8. The van der Waals surface area contributed by atoms with Gasteiger partial charge in [0.05, 0.1) is 13.0 Å². The van der Waals surface area contributed by atoms with E-state index >= 15 is 0 Å². The molecule has 0 saturated carbocycles. The highest BCUT2D eigenvalue weighted by atomic mass is 16.5. The van der Waals surface area contributed by atoms with Gasteiger partial charge in [0.2, 0.25) is 5.91 Å². The number of rotatable bonds is 10. The molecule has 0 bridgehead atoms. The molecule has 0 aromatic heterocycles. The molecule has 1 fully saturated rings. The molecule has 2 aromatic carbocycles. The fourth-order valence-corrected chi connectivity index (χ4v) is 3.57. The fourth-order valence-electron chi connectivity index (χ4n) is 3.57. The average molecular weight is 439 g/mol. The van der Waals surface area contributed by atoms with Crippen LogP contribution in [0, 0.1) is 0 Å². The minimum absolute atomic E-state index is 0.157. The smallest absolute Gasteiger partial charge is 0.308 e. The molecular weight excluding hydrogens is 408 g/mol. The van der Waals surface area contributed by atoms with Gasteiger partial charge in [-0.15, -0.1) is 0 Å². The fraction of sp³-hybridized carbons (Fsp3) is 0.400. The second kappa shape index (κ2) is 11.9. The lowest BCUT2D eigenvalue weighted by atomic mass is 10.1. The predicted octanol–water partition coefficient (Wildman–Crippen LogP) is 3.18. The second-order valence-electron chi connectivity index (χ2n) is 7.70. The van der Waals surface area contributed by atoms with Crippen molar-refractivity contribution >= 4 is 17.8 Å². The first kappa shape index (κ1) is 23.3. The van der Waals surface area contributed by atoms with Crippen LogP contribution in [-0.4, -0.2) is 55.0 Å². The first-order valence-electron chi connectivity index (χ1n) is 11.1. The lowest BCUT2D eigenvalue weighted by Crippen LogP contribution is -2.58. The van der Waals surface area contributed by atoms with Crippen LogP contribution >= 0.6 is 0 Å². The van der Waals surface area contributed by atoms with Crippen molar-refractivity contribution in [2.24, 2.45) is 0 Å². The lowest BCUT2D eigenvalue weighted by molar-refractivity contribution is -0.152. The van der Waals surface area contributed by atoms with Crippen molar-refractivity contribution in [3.05, 3.63) is 54.6 Å². The van der Waals surface area contributed by atoms with Gasteiger partial charge in [-0.3, -0.25) is 14.4 Å². The van der Waals surface area contributed by atoms with Crippen LogP contribution in [0.15, 0.2) is 54.6 Å². The van der Waals surface area contributed by atoms with Gasteiger partial charge in [-0.05, 0) is 29.7 Å². The maximum Gasteiger partial charge on any atom is 0.308 e. The SMILES string of the molecule is CCCCCOC(=O)CC1C(=O)NCCN1C(=O)COc1ccc(-c2ccccc2)cc1. The Morgan fingerprint density at radius 2 is 1.75 bits per heavy atom. The molecule has 1 saturated heterocycles. The summed E-state index contributed by atoms with van der Waals surface area (Å²) >= 11 is 0. The molecule has 32 heavy (non-hydrogen) atoms. The largest absolute Gasteiger partial charge is 0.484 e. The standard InChI is InChI=1S/C25H30N2O5/c1-2-3-7-16-31-24(29)17-22-25(30)26-14-15-27(22)23(28)18-32-21-12-10-20(11-13-21)19-8-5-4-6-9-19/h4-6,8-13,22H,2-3,7,14-18H2,1H3,(H,26,30). The summed E-state index contributed by atoms with van der Waals surface area (Å²) < 4.78 is 10.9. The molecule has 2 aromatic rings. The third-order valence-corrected chi connectivity index (χ3v) is 5.35. The van der Waals surface area contributed by atoms with Gasteiger partial charge in [-0.25, -0.2) is 0 Å². The van der Waals surface area contributed by atoms with Gasteiger partial charge in [0.25, 0.3) is 5.91 Å². The van der Waals surface area contributed by atoms with Gasteiger partial charge in [-0.2, -0.15) is 0 Å². The first-order valence-corrected chi connectivity index (χ1v) is 11.1. The maximum atomic E-state index is 12.8. The van der Waals surface area contributed by atoms with Gasteiger partial charge in [0.15, 0.2) is 6.61 Å². The van der Waals surface area contributed by atoms with Gasteiger partial charge >= 0.3 is 5.97 Å². The minimum Gasteiger partial charge on any atom is -0.484 e. The van der Waals surface area contributed by atoms with Gasteiger partial charge in [0, 0.05) is 13.1 Å². The minimum atomic E-state index is -0.876. The first-order chi connectivity index (χ1) is 15.6. The van der Waals surface area contributed by atoms with E-state index in [-0.39, 0.29) is 24.8 Å². The molecule has 0 radical (unpaired) electrons. The van der Waals surface area contributed by atoms with Crippen molar-refractivity contribution in [3.63, 3.8) is 0 Å². The summed E-state index contributed by atoms with van der Waals surface area (Å²) in [5.74, 6) is -0.595. The van der Waals surface area contributed by atoms with Crippen molar-refractivity contribution < 1.29 is 23.9 Å². The molecule has 7 nitrogen and oxygen atoms in total. The number of benzene rings is 2. The molecule has 1 aliphatic heterocycles.